The number of nitrogens with zero attached hydrogens (tertiary/aromatic N) is 1. The molecular weight excluding hydrogens is 369 g/mol. The second-order valence-corrected chi connectivity index (χ2v) is 8.53. The number of aromatic hydroxyl groups is 1. The van der Waals surface area contributed by atoms with Crippen LogP contribution in [-0.2, 0) is 6.54 Å². The van der Waals surface area contributed by atoms with E-state index in [2.05, 4.69) is 18.7 Å². The highest BCUT2D eigenvalue weighted by Crippen LogP contribution is 2.42. The van der Waals surface area contributed by atoms with Crippen LogP contribution >= 0.6 is 0 Å². The monoisotopic (exact) mass is 395 g/mol. The number of ketones is 1. The zero-order valence-electron chi connectivity index (χ0n) is 17.0. The van der Waals surface area contributed by atoms with Crippen LogP contribution in [0.4, 0.5) is 4.39 Å². The van der Waals surface area contributed by atoms with Gasteiger partial charge in [-0.05, 0) is 60.6 Å². The van der Waals surface area contributed by atoms with E-state index in [9.17, 15) is 14.3 Å². The number of rotatable bonds is 3. The summed E-state index contributed by atoms with van der Waals surface area (Å²) in [6, 6.07) is 7.66. The number of carbonyl (C=O) groups excluding carboxylic acids is 1. The number of carbonyl (C=O) groups is 1. The van der Waals surface area contributed by atoms with Gasteiger partial charge in [-0.1, -0.05) is 26.0 Å². The topological polar surface area (TPSA) is 49.8 Å². The molecule has 0 saturated carbocycles. The van der Waals surface area contributed by atoms with Gasteiger partial charge >= 0.3 is 0 Å². The third-order valence-electron chi connectivity index (χ3n) is 5.69. The fourth-order valence-electron chi connectivity index (χ4n) is 4.63. The lowest BCUT2D eigenvalue weighted by molar-refractivity contribution is 0.101. The van der Waals surface area contributed by atoms with Gasteiger partial charge in [0.15, 0.2) is 5.76 Å². The lowest BCUT2D eigenvalue weighted by Crippen LogP contribution is -2.38. The highest BCUT2D eigenvalue weighted by molar-refractivity contribution is 6.15. The zero-order valence-corrected chi connectivity index (χ0v) is 17.0. The minimum absolute atomic E-state index is 0.145. The minimum atomic E-state index is -0.370. The number of fused-ring (bicyclic) bond motifs is 1. The number of likely N-dealkylation sites (tertiary alicyclic amines) is 1. The normalized spacial score (nSPS) is 23.3. The number of aryl methyl sites for hydroxylation is 1. The van der Waals surface area contributed by atoms with E-state index >= 15 is 0 Å². The third-order valence-corrected chi connectivity index (χ3v) is 5.69. The first-order valence-corrected chi connectivity index (χ1v) is 10.1. The van der Waals surface area contributed by atoms with Crippen molar-refractivity contribution in [1.29, 1.82) is 0 Å². The molecule has 4 rings (SSSR count). The lowest BCUT2D eigenvalue weighted by atomic mass is 9.91. The summed E-state index contributed by atoms with van der Waals surface area (Å²) in [5, 5.41) is 10.6. The third kappa shape index (κ3) is 3.92. The van der Waals surface area contributed by atoms with E-state index in [1.807, 2.05) is 0 Å². The van der Waals surface area contributed by atoms with E-state index in [0.717, 1.165) is 13.1 Å². The van der Waals surface area contributed by atoms with Crippen molar-refractivity contribution in [3.8, 4) is 11.5 Å². The van der Waals surface area contributed by atoms with Crippen molar-refractivity contribution >= 4 is 11.9 Å². The number of allylic oxidation sites excluding steroid dienone is 1. The molecule has 0 amide bonds. The first-order chi connectivity index (χ1) is 13.8. The quantitative estimate of drug-likeness (QED) is 0.749. The van der Waals surface area contributed by atoms with E-state index in [1.165, 1.54) is 18.6 Å². The molecule has 1 fully saturated rings. The number of benzene rings is 2. The van der Waals surface area contributed by atoms with Crippen molar-refractivity contribution < 1.29 is 19.0 Å². The fraction of sp³-hybridized carbons (Fsp3) is 0.375. The Morgan fingerprint density at radius 3 is 2.66 bits per heavy atom. The largest absolute Gasteiger partial charge is 0.507 e. The van der Waals surface area contributed by atoms with Gasteiger partial charge in [-0.3, -0.25) is 9.69 Å². The molecule has 2 heterocycles. The highest BCUT2D eigenvalue weighted by atomic mass is 19.1. The molecule has 0 spiro atoms. The van der Waals surface area contributed by atoms with Crippen LogP contribution in [0, 0.1) is 24.6 Å². The van der Waals surface area contributed by atoms with Gasteiger partial charge in [-0.2, -0.15) is 0 Å². The smallest absolute Gasteiger partial charge is 0.232 e. The molecule has 5 heteroatoms. The van der Waals surface area contributed by atoms with Crippen molar-refractivity contribution in [3.63, 3.8) is 0 Å². The number of ether oxygens (including phenoxy) is 1. The average molecular weight is 395 g/mol. The molecule has 2 aliphatic rings. The van der Waals surface area contributed by atoms with Crippen LogP contribution in [0.1, 0.15) is 47.3 Å². The number of hydrogen-bond donors (Lipinski definition) is 1. The van der Waals surface area contributed by atoms with Gasteiger partial charge in [0.2, 0.25) is 5.78 Å². The summed E-state index contributed by atoms with van der Waals surface area (Å²) in [7, 11) is 0. The van der Waals surface area contributed by atoms with Crippen LogP contribution in [0.3, 0.4) is 0 Å². The first-order valence-electron chi connectivity index (χ1n) is 10.1. The summed E-state index contributed by atoms with van der Waals surface area (Å²) >= 11 is 0. The number of Topliss-reactive ketones (excluding diaryl/α,β-unsaturated/α-hetero) is 1. The van der Waals surface area contributed by atoms with Gasteiger partial charge < -0.3 is 9.84 Å². The number of piperidine rings is 1. The maximum absolute atomic E-state index is 13.5. The van der Waals surface area contributed by atoms with Gasteiger partial charge in [0, 0.05) is 19.6 Å². The van der Waals surface area contributed by atoms with Crippen LogP contribution in [-0.4, -0.2) is 28.9 Å². The Labute approximate surface area is 170 Å². The van der Waals surface area contributed by atoms with Crippen LogP contribution in [0.5, 0.6) is 11.5 Å². The predicted octanol–water partition coefficient (Wildman–Crippen LogP) is 4.93. The first kappa shape index (κ1) is 19.6. The summed E-state index contributed by atoms with van der Waals surface area (Å²) in [6.07, 6.45) is 2.75. The van der Waals surface area contributed by atoms with Gasteiger partial charge in [-0.15, -0.1) is 0 Å². The molecule has 2 aliphatic heterocycles. The number of phenols is 1. The lowest BCUT2D eigenvalue weighted by Gasteiger charge is -2.35. The molecule has 0 bridgehead atoms. The molecule has 0 aliphatic carbocycles. The molecule has 1 N–H and O–H groups in total. The molecule has 0 aromatic heterocycles. The van der Waals surface area contributed by atoms with E-state index in [1.54, 1.807) is 31.2 Å². The van der Waals surface area contributed by atoms with Crippen LogP contribution in [0.15, 0.2) is 36.1 Å². The van der Waals surface area contributed by atoms with Gasteiger partial charge in [0.25, 0.3) is 0 Å². The number of halogens is 1. The van der Waals surface area contributed by atoms with Gasteiger partial charge in [0.05, 0.1) is 11.1 Å². The molecule has 2 atom stereocenters. The highest BCUT2D eigenvalue weighted by Gasteiger charge is 2.34. The van der Waals surface area contributed by atoms with Crippen LogP contribution in [0.25, 0.3) is 6.08 Å². The van der Waals surface area contributed by atoms with Crippen molar-refractivity contribution in [3.05, 3.63) is 64.2 Å². The van der Waals surface area contributed by atoms with Crippen molar-refractivity contribution in [2.45, 2.75) is 33.7 Å². The predicted molar refractivity (Wildman–Crippen MR) is 110 cm³/mol. The van der Waals surface area contributed by atoms with Gasteiger partial charge in [-0.25, -0.2) is 4.39 Å². The number of phenolic OH excluding ortho intramolecular Hbond substituents is 1. The summed E-state index contributed by atoms with van der Waals surface area (Å²) in [5.41, 5.74) is 2.36. The van der Waals surface area contributed by atoms with Gasteiger partial charge in [0.1, 0.15) is 17.3 Å². The van der Waals surface area contributed by atoms with Crippen molar-refractivity contribution in [2.24, 2.45) is 11.8 Å². The minimum Gasteiger partial charge on any atom is -0.507 e. The standard InChI is InChI=1S/C24H26FNO3/c1-14-7-15(2)12-26(11-14)13-19-20(27)8-16(3)22-23(28)21(29-24(19)22)10-17-5-4-6-18(25)9-17/h4-6,8-10,14-15,27H,7,11-13H2,1-3H3/b21-10+. The maximum atomic E-state index is 13.5. The average Bonchev–Trinajstić information content (AvgIpc) is 2.94. The van der Waals surface area contributed by atoms with E-state index in [-0.39, 0.29) is 23.1 Å². The molecule has 4 nitrogen and oxygen atoms in total. The molecule has 0 radical (unpaired) electrons. The molecule has 2 unspecified atom stereocenters. The SMILES string of the molecule is Cc1cc(O)c(CN2CC(C)CC(C)C2)c2c1C(=O)/C(=C\c1cccc(F)c1)O2. The Morgan fingerprint density at radius 1 is 1.24 bits per heavy atom. The Hall–Kier alpha value is -2.66. The van der Waals surface area contributed by atoms with E-state index in [4.69, 9.17) is 4.74 Å². The summed E-state index contributed by atoms with van der Waals surface area (Å²) < 4.78 is 19.5. The molecule has 152 valence electrons. The maximum Gasteiger partial charge on any atom is 0.232 e. The summed E-state index contributed by atoms with van der Waals surface area (Å²) in [6.45, 7) is 8.70. The van der Waals surface area contributed by atoms with E-state index < -0.39 is 0 Å². The molecule has 29 heavy (non-hydrogen) atoms. The Bertz CT molecular complexity index is 988. The molecule has 2 aromatic rings. The fourth-order valence-corrected chi connectivity index (χ4v) is 4.63. The second kappa shape index (κ2) is 7.64. The summed E-state index contributed by atoms with van der Waals surface area (Å²) in [4.78, 5) is 15.3. The summed E-state index contributed by atoms with van der Waals surface area (Å²) in [5.74, 6) is 1.30. The number of hydrogen-bond acceptors (Lipinski definition) is 4. The van der Waals surface area contributed by atoms with Crippen molar-refractivity contribution in [1.82, 2.24) is 4.90 Å². The molecule has 2 aromatic carbocycles. The van der Waals surface area contributed by atoms with Crippen molar-refractivity contribution in [2.75, 3.05) is 13.1 Å². The Balaban J connectivity index is 1.69. The second-order valence-electron chi connectivity index (χ2n) is 8.53. The van der Waals surface area contributed by atoms with Crippen LogP contribution in [0.2, 0.25) is 0 Å². The Kier molecular flexibility index (Phi) is 5.17. The van der Waals surface area contributed by atoms with E-state index in [0.29, 0.717) is 46.4 Å². The Morgan fingerprint density at radius 2 is 1.97 bits per heavy atom. The molecular formula is C24H26FNO3. The molecule has 1 saturated heterocycles. The zero-order chi connectivity index (χ0) is 20.7. The van der Waals surface area contributed by atoms with Crippen LogP contribution < -0.4 is 4.74 Å².